The van der Waals surface area contributed by atoms with Gasteiger partial charge in [0.15, 0.2) is 0 Å². The molecule has 3 heterocycles. The summed E-state index contributed by atoms with van der Waals surface area (Å²) in [7, 11) is 0. The molecule has 2 amide bonds. The van der Waals surface area contributed by atoms with E-state index in [2.05, 4.69) is 27.2 Å². The van der Waals surface area contributed by atoms with Gasteiger partial charge < -0.3 is 16.4 Å². The molecular formula is C31H34F2N6O2. The van der Waals surface area contributed by atoms with Crippen LogP contribution in [0.5, 0.6) is 0 Å². The summed E-state index contributed by atoms with van der Waals surface area (Å²) in [4.78, 5) is 36.0. The summed E-state index contributed by atoms with van der Waals surface area (Å²) in [6.45, 7) is 5.17. The molecule has 41 heavy (non-hydrogen) atoms. The number of alkyl halides is 2. The van der Waals surface area contributed by atoms with Gasteiger partial charge in [0.1, 0.15) is 5.69 Å². The topological polar surface area (TPSA) is 113 Å². The summed E-state index contributed by atoms with van der Waals surface area (Å²) in [5.74, 6) is -3.26. The van der Waals surface area contributed by atoms with E-state index >= 15 is 0 Å². The van der Waals surface area contributed by atoms with Crippen molar-refractivity contribution in [3.8, 4) is 11.1 Å². The fourth-order valence-electron chi connectivity index (χ4n) is 5.29. The van der Waals surface area contributed by atoms with Gasteiger partial charge in [-0.05, 0) is 54.3 Å². The van der Waals surface area contributed by atoms with Gasteiger partial charge in [-0.15, -0.1) is 0 Å². The molecule has 2 fully saturated rings. The van der Waals surface area contributed by atoms with Crippen molar-refractivity contribution >= 4 is 28.8 Å². The van der Waals surface area contributed by atoms with Crippen LogP contribution < -0.4 is 16.4 Å². The van der Waals surface area contributed by atoms with Crippen LogP contribution in [0, 0.1) is 0 Å². The van der Waals surface area contributed by atoms with Crippen molar-refractivity contribution < 1.29 is 18.4 Å². The fourth-order valence-corrected chi connectivity index (χ4v) is 5.29. The second-order valence-electron chi connectivity index (χ2n) is 10.8. The van der Waals surface area contributed by atoms with E-state index in [0.717, 1.165) is 42.4 Å². The molecule has 0 radical (unpaired) electrons. The lowest BCUT2D eigenvalue weighted by Gasteiger charge is -2.31. The number of hydrogen-bond acceptors (Lipinski definition) is 6. The maximum Gasteiger partial charge on any atom is 0.270 e. The van der Waals surface area contributed by atoms with Crippen LogP contribution in [0.1, 0.15) is 60.1 Å². The number of nitrogen functional groups attached to an aromatic ring is 1. The monoisotopic (exact) mass is 560 g/mol. The number of hydrogen-bond donors (Lipinski definition) is 3. The van der Waals surface area contributed by atoms with Crippen molar-refractivity contribution in [3.05, 3.63) is 78.4 Å². The maximum absolute atomic E-state index is 13.5. The minimum Gasteiger partial charge on any atom is -0.398 e. The SMILES string of the molecule is C=C(C(=O)Nc1ccc(C(=O)NC2CCCC2)nc1)c1cc(-c2cncc(CN3CCC(F)(F)CC3)c2)ccc1N. The number of halogens is 2. The molecule has 4 N–H and O–H groups in total. The Labute approximate surface area is 238 Å². The van der Waals surface area contributed by atoms with E-state index in [4.69, 9.17) is 5.73 Å². The quantitative estimate of drug-likeness (QED) is 0.255. The number of likely N-dealkylation sites (tertiary alicyclic amines) is 1. The van der Waals surface area contributed by atoms with E-state index in [9.17, 15) is 18.4 Å². The first kappa shape index (κ1) is 28.4. The average molecular weight is 561 g/mol. The van der Waals surface area contributed by atoms with Gasteiger partial charge in [0.05, 0.1) is 11.9 Å². The normalized spacial score (nSPS) is 17.2. The Bertz CT molecular complexity index is 1430. The fraction of sp³-hybridized carbons (Fsp3) is 0.355. The zero-order valence-electron chi connectivity index (χ0n) is 22.8. The molecule has 1 saturated carbocycles. The summed E-state index contributed by atoms with van der Waals surface area (Å²) in [6.07, 6.45) is 8.81. The van der Waals surface area contributed by atoms with Gasteiger partial charge in [-0.25, -0.2) is 13.8 Å². The molecule has 1 aliphatic heterocycles. The summed E-state index contributed by atoms with van der Waals surface area (Å²) in [5, 5.41) is 5.76. The van der Waals surface area contributed by atoms with Crippen LogP contribution in [-0.4, -0.2) is 51.7 Å². The summed E-state index contributed by atoms with van der Waals surface area (Å²) in [6, 6.07) is 10.7. The zero-order chi connectivity index (χ0) is 29.0. The van der Waals surface area contributed by atoms with Crippen LogP contribution in [0.25, 0.3) is 16.7 Å². The lowest BCUT2D eigenvalue weighted by molar-refractivity contribution is -0.111. The summed E-state index contributed by atoms with van der Waals surface area (Å²) < 4.78 is 27.0. The third kappa shape index (κ3) is 7.13. The van der Waals surface area contributed by atoms with E-state index in [1.165, 1.54) is 6.20 Å². The number of carbonyl (C=O) groups is 2. The Morgan fingerprint density at radius 1 is 1.02 bits per heavy atom. The molecule has 3 aromatic rings. The molecule has 2 aliphatic rings. The van der Waals surface area contributed by atoms with Crippen molar-refractivity contribution in [2.24, 2.45) is 0 Å². The van der Waals surface area contributed by atoms with Crippen LogP contribution in [0.4, 0.5) is 20.2 Å². The molecule has 0 atom stereocenters. The number of carbonyl (C=O) groups excluding carboxylic acids is 2. The third-order valence-electron chi connectivity index (χ3n) is 7.72. The predicted octanol–water partition coefficient (Wildman–Crippen LogP) is 5.28. The van der Waals surface area contributed by atoms with Crippen LogP contribution in [0.15, 0.2) is 61.6 Å². The van der Waals surface area contributed by atoms with Crippen LogP contribution in [0.2, 0.25) is 0 Å². The standard InChI is InChI=1S/C31H34F2N6O2/c1-20(29(40)38-25-7-9-28(36-18-25)30(41)37-24-4-2-3-5-24)26-15-22(6-8-27(26)34)23-14-21(16-35-17-23)19-39-12-10-31(32,33)11-13-39/h6-9,14-18,24H,1-5,10-13,19,34H2,(H,37,41)(H,38,40). The number of nitrogens with zero attached hydrogens (tertiary/aromatic N) is 3. The first-order valence-electron chi connectivity index (χ1n) is 13.9. The number of piperidine rings is 1. The number of pyridine rings is 2. The van der Waals surface area contributed by atoms with Crippen LogP contribution in [-0.2, 0) is 11.3 Å². The van der Waals surface area contributed by atoms with Gasteiger partial charge in [-0.3, -0.25) is 19.5 Å². The number of amides is 2. The Balaban J connectivity index is 1.23. The highest BCUT2D eigenvalue weighted by Crippen LogP contribution is 2.31. The second kappa shape index (κ2) is 12.1. The number of aromatic nitrogens is 2. The van der Waals surface area contributed by atoms with E-state index in [0.29, 0.717) is 42.3 Å². The summed E-state index contributed by atoms with van der Waals surface area (Å²) >= 11 is 0. The number of rotatable bonds is 8. The van der Waals surface area contributed by atoms with Crippen molar-refractivity contribution in [2.75, 3.05) is 24.1 Å². The zero-order valence-corrected chi connectivity index (χ0v) is 22.8. The number of nitrogens with two attached hydrogens (primary N) is 1. The van der Waals surface area contributed by atoms with Crippen molar-refractivity contribution in [2.45, 2.75) is 57.0 Å². The molecule has 214 valence electrons. The minimum atomic E-state index is -2.59. The van der Waals surface area contributed by atoms with Crippen molar-refractivity contribution in [3.63, 3.8) is 0 Å². The molecule has 8 nitrogen and oxygen atoms in total. The second-order valence-corrected chi connectivity index (χ2v) is 10.8. The van der Waals surface area contributed by atoms with Gasteiger partial charge >= 0.3 is 0 Å². The highest BCUT2D eigenvalue weighted by atomic mass is 19.3. The molecule has 1 saturated heterocycles. The van der Waals surface area contributed by atoms with Crippen LogP contribution in [0.3, 0.4) is 0 Å². The van der Waals surface area contributed by atoms with Crippen LogP contribution >= 0.6 is 0 Å². The molecule has 5 rings (SSSR count). The first-order chi connectivity index (χ1) is 19.7. The van der Waals surface area contributed by atoms with Gasteiger partial charge in [0.25, 0.3) is 17.7 Å². The molecule has 0 unspecified atom stereocenters. The Morgan fingerprint density at radius 2 is 1.78 bits per heavy atom. The molecule has 0 spiro atoms. The van der Waals surface area contributed by atoms with Gasteiger partial charge in [0, 0.05) is 73.3 Å². The minimum absolute atomic E-state index is 0.137. The third-order valence-corrected chi connectivity index (χ3v) is 7.72. The number of nitrogens with one attached hydrogen (secondary N) is 2. The number of anilines is 2. The molecule has 1 aromatic carbocycles. The highest BCUT2D eigenvalue weighted by molar-refractivity contribution is 6.25. The van der Waals surface area contributed by atoms with E-state index in [-0.39, 0.29) is 30.4 Å². The lowest BCUT2D eigenvalue weighted by Crippen LogP contribution is -2.38. The van der Waals surface area contributed by atoms with Crippen molar-refractivity contribution in [1.29, 1.82) is 0 Å². The van der Waals surface area contributed by atoms with Gasteiger partial charge in [-0.1, -0.05) is 25.5 Å². The summed E-state index contributed by atoms with van der Waals surface area (Å²) in [5.41, 5.74) is 10.5. The maximum atomic E-state index is 13.5. The van der Waals surface area contributed by atoms with E-state index in [1.807, 2.05) is 17.0 Å². The number of benzene rings is 1. The molecule has 0 bridgehead atoms. The van der Waals surface area contributed by atoms with Gasteiger partial charge in [-0.2, -0.15) is 0 Å². The molecular weight excluding hydrogens is 526 g/mol. The smallest absolute Gasteiger partial charge is 0.270 e. The highest BCUT2D eigenvalue weighted by Gasteiger charge is 2.33. The predicted molar refractivity (Wildman–Crippen MR) is 155 cm³/mol. The lowest BCUT2D eigenvalue weighted by atomic mass is 9.97. The Morgan fingerprint density at radius 3 is 2.49 bits per heavy atom. The van der Waals surface area contributed by atoms with E-state index < -0.39 is 11.8 Å². The largest absolute Gasteiger partial charge is 0.398 e. The van der Waals surface area contributed by atoms with Gasteiger partial charge in [0.2, 0.25) is 0 Å². The molecule has 10 heteroatoms. The Hall–Kier alpha value is -4.18. The average Bonchev–Trinajstić information content (AvgIpc) is 3.47. The molecule has 2 aromatic heterocycles. The molecule has 1 aliphatic carbocycles. The van der Waals surface area contributed by atoms with Crippen molar-refractivity contribution in [1.82, 2.24) is 20.2 Å². The van der Waals surface area contributed by atoms with E-state index in [1.54, 1.807) is 36.7 Å². The first-order valence-corrected chi connectivity index (χ1v) is 13.9. The Kier molecular flexibility index (Phi) is 8.39.